The van der Waals surface area contributed by atoms with E-state index in [-0.39, 0.29) is 24.4 Å². The highest BCUT2D eigenvalue weighted by molar-refractivity contribution is 6.13. The molecule has 1 aromatic carbocycles. The molecule has 118 valence electrons. The molecule has 5 nitrogen and oxygen atoms in total. The van der Waals surface area contributed by atoms with Crippen molar-refractivity contribution >= 4 is 17.7 Å². The van der Waals surface area contributed by atoms with E-state index < -0.39 is 29.2 Å². The molecule has 6 heteroatoms. The Balaban J connectivity index is 2.08. The third kappa shape index (κ3) is 3.69. The number of amides is 1. The fourth-order valence-electron chi connectivity index (χ4n) is 2.20. The number of halogens is 1. The Hall–Kier alpha value is -2.24. The quantitative estimate of drug-likeness (QED) is 0.622. The zero-order valence-corrected chi connectivity index (χ0v) is 12.8. The normalized spacial score (nSPS) is 18.5. The van der Waals surface area contributed by atoms with Gasteiger partial charge in [-0.1, -0.05) is 0 Å². The lowest BCUT2D eigenvalue weighted by Crippen LogP contribution is -2.36. The second-order valence-electron chi connectivity index (χ2n) is 6.25. The van der Waals surface area contributed by atoms with E-state index in [0.29, 0.717) is 0 Å². The van der Waals surface area contributed by atoms with Crippen molar-refractivity contribution in [2.45, 2.75) is 26.4 Å². The predicted molar refractivity (Wildman–Crippen MR) is 77.0 cm³/mol. The van der Waals surface area contributed by atoms with E-state index in [9.17, 15) is 18.8 Å². The number of likely N-dealkylation sites (tertiary alicyclic amines) is 1. The monoisotopic (exact) mass is 307 g/mol. The van der Waals surface area contributed by atoms with Crippen LogP contribution in [0.25, 0.3) is 0 Å². The first-order valence-electron chi connectivity index (χ1n) is 6.98. The number of ketones is 2. The Labute approximate surface area is 128 Å². The van der Waals surface area contributed by atoms with Gasteiger partial charge in [0.25, 0.3) is 0 Å². The molecule has 1 amide bonds. The molecule has 1 aliphatic heterocycles. The van der Waals surface area contributed by atoms with Crippen LogP contribution in [0, 0.1) is 11.7 Å². The fraction of sp³-hybridized carbons (Fsp3) is 0.438. The van der Waals surface area contributed by atoms with Gasteiger partial charge in [-0.05, 0) is 45.0 Å². The number of rotatable bonds is 2. The maximum atomic E-state index is 12.9. The lowest BCUT2D eigenvalue weighted by molar-refractivity contribution is -0.118. The zero-order valence-electron chi connectivity index (χ0n) is 12.8. The van der Waals surface area contributed by atoms with Gasteiger partial charge in [-0.3, -0.25) is 14.5 Å². The standard InChI is InChI=1S/C16H18FNO4/c1-16(2,3)22-15(21)18-8-12(13(19)9-18)14(20)10-4-6-11(17)7-5-10/h4-7,12H,8-9H2,1-3H3/t12-/m1/s1. The van der Waals surface area contributed by atoms with Crippen LogP contribution >= 0.6 is 0 Å². The molecule has 0 spiro atoms. The van der Waals surface area contributed by atoms with Gasteiger partial charge < -0.3 is 4.74 Å². The van der Waals surface area contributed by atoms with E-state index in [2.05, 4.69) is 0 Å². The Kier molecular flexibility index (Phi) is 4.30. The summed E-state index contributed by atoms with van der Waals surface area (Å²) in [7, 11) is 0. The molecule has 2 rings (SSSR count). The summed E-state index contributed by atoms with van der Waals surface area (Å²) in [5.41, 5.74) is -0.412. The van der Waals surface area contributed by atoms with Crippen molar-refractivity contribution in [1.82, 2.24) is 4.90 Å². The van der Waals surface area contributed by atoms with Crippen molar-refractivity contribution in [1.29, 1.82) is 0 Å². The molecule has 22 heavy (non-hydrogen) atoms. The van der Waals surface area contributed by atoms with Crippen molar-refractivity contribution in [3.63, 3.8) is 0 Å². The summed E-state index contributed by atoms with van der Waals surface area (Å²) in [6, 6.07) is 5.00. The third-order valence-electron chi connectivity index (χ3n) is 3.24. The molecule has 1 saturated heterocycles. The highest BCUT2D eigenvalue weighted by Crippen LogP contribution is 2.21. The minimum absolute atomic E-state index is 0.00996. The summed E-state index contributed by atoms with van der Waals surface area (Å²) in [5.74, 6) is -2.11. The first-order valence-corrected chi connectivity index (χ1v) is 6.98. The number of carbonyl (C=O) groups excluding carboxylic acids is 3. The molecule has 0 unspecified atom stereocenters. The molecule has 1 atom stereocenters. The van der Waals surface area contributed by atoms with E-state index in [1.807, 2.05) is 0 Å². The molecule has 0 aromatic heterocycles. The van der Waals surface area contributed by atoms with Crippen LogP contribution in [-0.4, -0.2) is 41.3 Å². The lowest BCUT2D eigenvalue weighted by atomic mass is 9.96. The Bertz CT molecular complexity index is 604. The minimum Gasteiger partial charge on any atom is -0.444 e. The molecule has 0 bridgehead atoms. The Morgan fingerprint density at radius 1 is 1.23 bits per heavy atom. The van der Waals surface area contributed by atoms with Crippen LogP contribution in [0.2, 0.25) is 0 Å². The van der Waals surface area contributed by atoms with Crippen LogP contribution in [0.4, 0.5) is 9.18 Å². The summed E-state index contributed by atoms with van der Waals surface area (Å²) < 4.78 is 18.1. The predicted octanol–water partition coefficient (Wildman–Crippen LogP) is 2.44. The largest absolute Gasteiger partial charge is 0.444 e. The Morgan fingerprint density at radius 2 is 1.82 bits per heavy atom. The SMILES string of the molecule is CC(C)(C)OC(=O)N1CC(=O)[C@H](C(=O)c2ccc(F)cc2)C1. The number of Topliss-reactive ketones (excluding diaryl/α,β-unsaturated/α-hetero) is 2. The second-order valence-corrected chi connectivity index (χ2v) is 6.25. The number of hydrogen-bond acceptors (Lipinski definition) is 4. The van der Waals surface area contributed by atoms with Gasteiger partial charge in [0, 0.05) is 12.1 Å². The van der Waals surface area contributed by atoms with Crippen molar-refractivity contribution in [3.05, 3.63) is 35.6 Å². The lowest BCUT2D eigenvalue weighted by Gasteiger charge is -2.23. The molecule has 0 radical (unpaired) electrons. The first-order chi connectivity index (χ1) is 10.2. The van der Waals surface area contributed by atoms with Crippen LogP contribution in [0.5, 0.6) is 0 Å². The summed E-state index contributed by atoms with van der Waals surface area (Å²) in [6.45, 7) is 5.02. The van der Waals surface area contributed by atoms with Crippen LogP contribution in [0.1, 0.15) is 31.1 Å². The second kappa shape index (κ2) is 5.87. The van der Waals surface area contributed by atoms with E-state index in [1.54, 1.807) is 20.8 Å². The zero-order chi connectivity index (χ0) is 16.5. The van der Waals surface area contributed by atoms with Gasteiger partial charge in [0.15, 0.2) is 11.6 Å². The van der Waals surface area contributed by atoms with Crippen LogP contribution in [0.15, 0.2) is 24.3 Å². The van der Waals surface area contributed by atoms with Gasteiger partial charge in [0.05, 0.1) is 6.54 Å². The van der Waals surface area contributed by atoms with E-state index >= 15 is 0 Å². The fourth-order valence-corrected chi connectivity index (χ4v) is 2.20. The Morgan fingerprint density at radius 3 is 2.36 bits per heavy atom. The number of hydrogen-bond donors (Lipinski definition) is 0. The van der Waals surface area contributed by atoms with Crippen LogP contribution in [-0.2, 0) is 9.53 Å². The van der Waals surface area contributed by atoms with Crippen molar-refractivity contribution in [3.8, 4) is 0 Å². The smallest absolute Gasteiger partial charge is 0.410 e. The maximum absolute atomic E-state index is 12.9. The van der Waals surface area contributed by atoms with Crippen LogP contribution < -0.4 is 0 Å². The number of ether oxygens (including phenoxy) is 1. The van der Waals surface area contributed by atoms with Gasteiger partial charge in [-0.15, -0.1) is 0 Å². The van der Waals surface area contributed by atoms with E-state index in [0.717, 1.165) is 12.1 Å². The van der Waals surface area contributed by atoms with E-state index in [1.165, 1.54) is 17.0 Å². The van der Waals surface area contributed by atoms with Gasteiger partial charge in [-0.2, -0.15) is 0 Å². The number of benzene rings is 1. The average molecular weight is 307 g/mol. The minimum atomic E-state index is -0.919. The molecule has 0 aliphatic carbocycles. The van der Waals surface area contributed by atoms with Gasteiger partial charge in [0.2, 0.25) is 0 Å². The highest BCUT2D eigenvalue weighted by atomic mass is 19.1. The molecule has 0 saturated carbocycles. The van der Waals surface area contributed by atoms with Crippen molar-refractivity contribution < 1.29 is 23.5 Å². The first kappa shape index (κ1) is 16.1. The molecule has 1 heterocycles. The molecule has 0 N–H and O–H groups in total. The number of nitrogens with zero attached hydrogens (tertiary/aromatic N) is 1. The molecule has 1 aromatic rings. The molecule has 1 aliphatic rings. The maximum Gasteiger partial charge on any atom is 0.410 e. The third-order valence-corrected chi connectivity index (χ3v) is 3.24. The summed E-state index contributed by atoms with van der Waals surface area (Å²) >= 11 is 0. The molecular weight excluding hydrogens is 289 g/mol. The average Bonchev–Trinajstić information content (AvgIpc) is 2.79. The number of carbonyl (C=O) groups is 3. The van der Waals surface area contributed by atoms with Gasteiger partial charge in [0.1, 0.15) is 17.3 Å². The van der Waals surface area contributed by atoms with Gasteiger partial charge >= 0.3 is 6.09 Å². The van der Waals surface area contributed by atoms with Crippen molar-refractivity contribution in [2.24, 2.45) is 5.92 Å². The van der Waals surface area contributed by atoms with Gasteiger partial charge in [-0.25, -0.2) is 9.18 Å². The topological polar surface area (TPSA) is 63.7 Å². The summed E-state index contributed by atoms with van der Waals surface area (Å²) in [6.07, 6.45) is -0.616. The van der Waals surface area contributed by atoms with Crippen LogP contribution in [0.3, 0.4) is 0 Å². The highest BCUT2D eigenvalue weighted by Gasteiger charge is 2.40. The molecular formula is C16H18FNO4. The summed E-state index contributed by atoms with van der Waals surface area (Å²) in [4.78, 5) is 37.5. The summed E-state index contributed by atoms with van der Waals surface area (Å²) in [5, 5.41) is 0. The van der Waals surface area contributed by atoms with Crippen molar-refractivity contribution in [2.75, 3.05) is 13.1 Å². The van der Waals surface area contributed by atoms with E-state index in [4.69, 9.17) is 4.74 Å². The molecule has 1 fully saturated rings.